The monoisotopic (exact) mass is 262 g/mol. The standard InChI is InChI=1S/C15H22N2O2/c1-2-16-15(13-10-18-8-9-19-13)12-6-5-11-4-3-7-17-14(11)12/h3-4,7,12-13,15-16H,2,5-6,8-10H2,1H3. The van der Waals surface area contributed by atoms with Gasteiger partial charge in [-0.2, -0.15) is 0 Å². The lowest BCUT2D eigenvalue weighted by atomic mass is 9.92. The molecule has 1 fully saturated rings. The van der Waals surface area contributed by atoms with Gasteiger partial charge in [-0.1, -0.05) is 13.0 Å². The molecule has 1 aromatic heterocycles. The summed E-state index contributed by atoms with van der Waals surface area (Å²) in [6, 6.07) is 4.54. The van der Waals surface area contributed by atoms with E-state index in [9.17, 15) is 0 Å². The van der Waals surface area contributed by atoms with Crippen molar-refractivity contribution >= 4 is 0 Å². The highest BCUT2D eigenvalue weighted by atomic mass is 16.6. The van der Waals surface area contributed by atoms with Gasteiger partial charge in [-0.05, 0) is 31.0 Å². The lowest BCUT2D eigenvalue weighted by Gasteiger charge is -2.34. The minimum atomic E-state index is 0.145. The minimum Gasteiger partial charge on any atom is -0.376 e. The molecule has 3 rings (SSSR count). The summed E-state index contributed by atoms with van der Waals surface area (Å²) < 4.78 is 11.5. The molecule has 1 aromatic rings. The zero-order chi connectivity index (χ0) is 13.1. The lowest BCUT2D eigenvalue weighted by Crippen LogP contribution is -2.49. The smallest absolute Gasteiger partial charge is 0.0968 e. The summed E-state index contributed by atoms with van der Waals surface area (Å²) in [5, 5.41) is 3.59. The molecule has 2 aliphatic rings. The van der Waals surface area contributed by atoms with Crippen LogP contribution < -0.4 is 5.32 Å². The fourth-order valence-corrected chi connectivity index (χ4v) is 3.28. The van der Waals surface area contributed by atoms with Crippen molar-refractivity contribution in [2.45, 2.75) is 37.8 Å². The van der Waals surface area contributed by atoms with Crippen LogP contribution in [0.4, 0.5) is 0 Å². The Labute approximate surface area is 114 Å². The van der Waals surface area contributed by atoms with E-state index in [1.807, 2.05) is 12.3 Å². The van der Waals surface area contributed by atoms with Gasteiger partial charge >= 0.3 is 0 Å². The Morgan fingerprint density at radius 2 is 2.42 bits per heavy atom. The van der Waals surface area contributed by atoms with Crippen molar-refractivity contribution in [1.82, 2.24) is 10.3 Å². The molecule has 104 valence electrons. The number of hydrogen-bond acceptors (Lipinski definition) is 4. The summed E-state index contributed by atoms with van der Waals surface area (Å²) in [6.45, 7) is 5.20. The normalized spacial score (nSPS) is 28.1. The van der Waals surface area contributed by atoms with E-state index in [0.29, 0.717) is 25.2 Å². The van der Waals surface area contributed by atoms with Gasteiger partial charge in [0.25, 0.3) is 0 Å². The fraction of sp³-hybridized carbons (Fsp3) is 0.667. The van der Waals surface area contributed by atoms with E-state index < -0.39 is 0 Å². The first kappa shape index (κ1) is 13.0. The first-order chi connectivity index (χ1) is 9.40. The molecule has 3 unspecified atom stereocenters. The van der Waals surface area contributed by atoms with Crippen LogP contribution in [-0.4, -0.2) is 43.5 Å². The van der Waals surface area contributed by atoms with Gasteiger partial charge in [-0.3, -0.25) is 4.98 Å². The van der Waals surface area contributed by atoms with Crippen LogP contribution in [0.25, 0.3) is 0 Å². The number of fused-ring (bicyclic) bond motifs is 1. The summed E-state index contributed by atoms with van der Waals surface area (Å²) in [6.07, 6.45) is 4.33. The van der Waals surface area contributed by atoms with Gasteiger partial charge in [0, 0.05) is 23.9 Å². The first-order valence-corrected chi connectivity index (χ1v) is 7.26. The molecule has 0 radical (unpaired) electrons. The summed E-state index contributed by atoms with van der Waals surface area (Å²) in [5.74, 6) is 0.447. The molecule has 1 saturated heterocycles. The Kier molecular flexibility index (Phi) is 4.11. The third-order valence-electron chi connectivity index (χ3n) is 4.12. The van der Waals surface area contributed by atoms with E-state index >= 15 is 0 Å². The molecule has 3 atom stereocenters. The Morgan fingerprint density at radius 3 is 3.21 bits per heavy atom. The van der Waals surface area contributed by atoms with Crippen molar-refractivity contribution in [3.05, 3.63) is 29.6 Å². The Bertz CT molecular complexity index is 418. The van der Waals surface area contributed by atoms with E-state index in [-0.39, 0.29) is 6.10 Å². The summed E-state index contributed by atoms with van der Waals surface area (Å²) in [7, 11) is 0. The van der Waals surface area contributed by atoms with Crippen LogP contribution in [0.5, 0.6) is 0 Å². The molecule has 4 nitrogen and oxygen atoms in total. The quantitative estimate of drug-likeness (QED) is 0.893. The Morgan fingerprint density at radius 1 is 1.47 bits per heavy atom. The third-order valence-corrected chi connectivity index (χ3v) is 4.12. The highest BCUT2D eigenvalue weighted by Gasteiger charge is 2.36. The minimum absolute atomic E-state index is 0.145. The second kappa shape index (κ2) is 5.99. The number of aryl methyl sites for hydroxylation is 1. The molecule has 1 N–H and O–H groups in total. The molecular formula is C15H22N2O2. The van der Waals surface area contributed by atoms with E-state index in [2.05, 4.69) is 23.3 Å². The van der Waals surface area contributed by atoms with Gasteiger partial charge in [0.05, 0.1) is 25.9 Å². The summed E-state index contributed by atoms with van der Waals surface area (Å²) >= 11 is 0. The van der Waals surface area contributed by atoms with E-state index in [1.54, 1.807) is 0 Å². The maximum Gasteiger partial charge on any atom is 0.0968 e. The van der Waals surface area contributed by atoms with Crippen molar-refractivity contribution in [2.75, 3.05) is 26.4 Å². The number of nitrogens with zero attached hydrogens (tertiary/aromatic N) is 1. The zero-order valence-electron chi connectivity index (χ0n) is 11.5. The van der Waals surface area contributed by atoms with Gasteiger partial charge in [0.1, 0.15) is 0 Å². The third kappa shape index (κ3) is 2.66. The van der Waals surface area contributed by atoms with Crippen molar-refractivity contribution in [3.63, 3.8) is 0 Å². The Balaban J connectivity index is 1.80. The molecule has 2 heterocycles. The van der Waals surface area contributed by atoms with Crippen LogP contribution in [0.15, 0.2) is 18.3 Å². The average molecular weight is 262 g/mol. The molecule has 1 aliphatic heterocycles. The lowest BCUT2D eigenvalue weighted by molar-refractivity contribution is -0.104. The predicted octanol–water partition coefficient (Wildman–Crippen LogP) is 1.50. The second-order valence-corrected chi connectivity index (χ2v) is 5.26. The first-order valence-electron chi connectivity index (χ1n) is 7.26. The highest BCUT2D eigenvalue weighted by molar-refractivity contribution is 5.30. The van der Waals surface area contributed by atoms with Crippen molar-refractivity contribution in [1.29, 1.82) is 0 Å². The van der Waals surface area contributed by atoms with E-state index in [0.717, 1.165) is 26.0 Å². The predicted molar refractivity (Wildman–Crippen MR) is 73.3 cm³/mol. The number of hydrogen-bond donors (Lipinski definition) is 1. The maximum absolute atomic E-state index is 5.90. The summed E-state index contributed by atoms with van der Waals surface area (Å²) in [5.41, 5.74) is 2.65. The van der Waals surface area contributed by atoms with Gasteiger partial charge in [-0.15, -0.1) is 0 Å². The topological polar surface area (TPSA) is 43.4 Å². The molecule has 1 aliphatic carbocycles. The number of pyridine rings is 1. The molecule has 4 heteroatoms. The molecular weight excluding hydrogens is 240 g/mol. The van der Waals surface area contributed by atoms with Crippen LogP contribution in [0.1, 0.15) is 30.5 Å². The van der Waals surface area contributed by atoms with E-state index in [4.69, 9.17) is 9.47 Å². The molecule has 19 heavy (non-hydrogen) atoms. The van der Waals surface area contributed by atoms with Gasteiger partial charge in [0.15, 0.2) is 0 Å². The average Bonchev–Trinajstić information content (AvgIpc) is 2.89. The number of aromatic nitrogens is 1. The molecule has 0 aromatic carbocycles. The molecule has 0 bridgehead atoms. The molecule has 0 amide bonds. The number of nitrogens with one attached hydrogen (secondary N) is 1. The largest absolute Gasteiger partial charge is 0.376 e. The number of ether oxygens (including phenoxy) is 2. The van der Waals surface area contributed by atoms with Crippen molar-refractivity contribution < 1.29 is 9.47 Å². The van der Waals surface area contributed by atoms with Crippen molar-refractivity contribution in [3.8, 4) is 0 Å². The highest BCUT2D eigenvalue weighted by Crippen LogP contribution is 2.35. The molecule has 0 spiro atoms. The maximum atomic E-state index is 5.90. The van der Waals surface area contributed by atoms with Crippen LogP contribution in [0, 0.1) is 0 Å². The van der Waals surface area contributed by atoms with Crippen LogP contribution in [0.3, 0.4) is 0 Å². The number of likely N-dealkylation sites (N-methyl/N-ethyl adjacent to an activating group) is 1. The molecule has 0 saturated carbocycles. The Hall–Kier alpha value is -0.970. The van der Waals surface area contributed by atoms with Crippen LogP contribution in [0.2, 0.25) is 0 Å². The zero-order valence-corrected chi connectivity index (χ0v) is 11.5. The van der Waals surface area contributed by atoms with Crippen molar-refractivity contribution in [2.24, 2.45) is 0 Å². The van der Waals surface area contributed by atoms with Gasteiger partial charge < -0.3 is 14.8 Å². The van der Waals surface area contributed by atoms with Crippen LogP contribution in [-0.2, 0) is 15.9 Å². The summed E-state index contributed by atoms with van der Waals surface area (Å²) in [4.78, 5) is 4.60. The van der Waals surface area contributed by atoms with Crippen LogP contribution >= 0.6 is 0 Å². The number of rotatable bonds is 4. The SMILES string of the molecule is CCNC(C1COCCO1)C1CCc2cccnc21. The van der Waals surface area contributed by atoms with Gasteiger partial charge in [0.2, 0.25) is 0 Å². The second-order valence-electron chi connectivity index (χ2n) is 5.26. The van der Waals surface area contributed by atoms with Gasteiger partial charge in [-0.25, -0.2) is 0 Å². The van der Waals surface area contributed by atoms with E-state index in [1.165, 1.54) is 11.3 Å². The fourth-order valence-electron chi connectivity index (χ4n) is 3.28.